The molecule has 0 amide bonds. The Morgan fingerprint density at radius 1 is 1.33 bits per heavy atom. The van der Waals surface area contributed by atoms with Gasteiger partial charge in [0.1, 0.15) is 0 Å². The van der Waals surface area contributed by atoms with E-state index >= 15 is 0 Å². The Balaban J connectivity index is 2.73. The minimum atomic E-state index is 0.304. The van der Waals surface area contributed by atoms with E-state index in [0.717, 1.165) is 12.5 Å². The van der Waals surface area contributed by atoms with Crippen molar-refractivity contribution in [1.29, 1.82) is 0 Å². The second kappa shape index (κ2) is 5.92. The van der Waals surface area contributed by atoms with Crippen LogP contribution in [0.15, 0.2) is 0 Å². The van der Waals surface area contributed by atoms with Crippen LogP contribution < -0.4 is 5.32 Å². The lowest BCUT2D eigenvalue weighted by Crippen LogP contribution is -2.65. The highest BCUT2D eigenvalue weighted by Crippen LogP contribution is 2.30. The standard InChI is InChI=1S/C16H34N2/c1-8-16(7)12-18(10-9-13(2)3)14(11-17-16)15(4,5)6/h13-14,17H,8-12H2,1-7H3. The predicted molar refractivity (Wildman–Crippen MR) is 81.0 cm³/mol. The molecular weight excluding hydrogens is 220 g/mol. The van der Waals surface area contributed by atoms with Crippen LogP contribution in [0, 0.1) is 11.3 Å². The molecule has 0 aromatic rings. The molecular formula is C16H34N2. The highest BCUT2D eigenvalue weighted by Gasteiger charge is 2.39. The lowest BCUT2D eigenvalue weighted by atomic mass is 9.81. The maximum atomic E-state index is 3.78. The molecule has 0 bridgehead atoms. The van der Waals surface area contributed by atoms with Gasteiger partial charge in [0.05, 0.1) is 0 Å². The van der Waals surface area contributed by atoms with Crippen LogP contribution in [0.1, 0.15) is 61.3 Å². The average Bonchev–Trinajstić information content (AvgIpc) is 2.25. The first-order valence-electron chi connectivity index (χ1n) is 7.67. The van der Waals surface area contributed by atoms with E-state index in [4.69, 9.17) is 0 Å². The molecule has 0 radical (unpaired) electrons. The third-order valence-corrected chi connectivity index (χ3v) is 4.49. The molecule has 0 aromatic heterocycles. The molecule has 1 aliphatic rings. The minimum absolute atomic E-state index is 0.304. The van der Waals surface area contributed by atoms with Gasteiger partial charge in [-0.2, -0.15) is 0 Å². The molecule has 2 unspecified atom stereocenters. The van der Waals surface area contributed by atoms with Crippen LogP contribution in [0.5, 0.6) is 0 Å². The van der Waals surface area contributed by atoms with Gasteiger partial charge in [-0.3, -0.25) is 4.90 Å². The smallest absolute Gasteiger partial charge is 0.0278 e. The molecule has 18 heavy (non-hydrogen) atoms. The Bertz CT molecular complexity index is 254. The fourth-order valence-electron chi connectivity index (χ4n) is 2.84. The SMILES string of the molecule is CCC1(C)CN(CCC(C)C)C(C(C)(C)C)CN1. The van der Waals surface area contributed by atoms with Crippen LogP contribution in [0.2, 0.25) is 0 Å². The molecule has 1 N–H and O–H groups in total. The average molecular weight is 254 g/mol. The number of nitrogens with zero attached hydrogens (tertiary/aromatic N) is 1. The number of hydrogen-bond acceptors (Lipinski definition) is 2. The van der Waals surface area contributed by atoms with E-state index in [0.29, 0.717) is 17.0 Å². The molecule has 1 fully saturated rings. The van der Waals surface area contributed by atoms with Crippen LogP contribution in [-0.2, 0) is 0 Å². The van der Waals surface area contributed by atoms with Crippen molar-refractivity contribution >= 4 is 0 Å². The van der Waals surface area contributed by atoms with Gasteiger partial charge in [-0.15, -0.1) is 0 Å². The lowest BCUT2D eigenvalue weighted by Gasteiger charge is -2.50. The van der Waals surface area contributed by atoms with Gasteiger partial charge in [-0.1, -0.05) is 41.5 Å². The summed E-state index contributed by atoms with van der Waals surface area (Å²) in [5.41, 5.74) is 0.664. The summed E-state index contributed by atoms with van der Waals surface area (Å²) in [5.74, 6) is 0.799. The Morgan fingerprint density at radius 2 is 1.94 bits per heavy atom. The van der Waals surface area contributed by atoms with Gasteiger partial charge in [0.15, 0.2) is 0 Å². The highest BCUT2D eigenvalue weighted by molar-refractivity contribution is 4.98. The van der Waals surface area contributed by atoms with E-state index in [1.165, 1.54) is 25.9 Å². The first-order chi connectivity index (χ1) is 8.18. The van der Waals surface area contributed by atoms with Crippen LogP contribution >= 0.6 is 0 Å². The quantitative estimate of drug-likeness (QED) is 0.826. The van der Waals surface area contributed by atoms with Gasteiger partial charge in [-0.05, 0) is 37.6 Å². The molecule has 2 nitrogen and oxygen atoms in total. The summed E-state index contributed by atoms with van der Waals surface area (Å²) in [6, 6.07) is 0.663. The first-order valence-corrected chi connectivity index (χ1v) is 7.67. The van der Waals surface area contributed by atoms with E-state index in [-0.39, 0.29) is 0 Å². The lowest BCUT2D eigenvalue weighted by molar-refractivity contribution is 0.0235. The molecule has 1 aliphatic heterocycles. The van der Waals surface area contributed by atoms with Gasteiger partial charge in [0.2, 0.25) is 0 Å². The molecule has 2 atom stereocenters. The van der Waals surface area contributed by atoms with Gasteiger partial charge in [0.25, 0.3) is 0 Å². The number of nitrogens with one attached hydrogen (secondary N) is 1. The van der Waals surface area contributed by atoms with Gasteiger partial charge >= 0.3 is 0 Å². The first kappa shape index (κ1) is 16.0. The van der Waals surface area contributed by atoms with E-state index in [9.17, 15) is 0 Å². The normalized spacial score (nSPS) is 31.0. The van der Waals surface area contributed by atoms with E-state index in [1.807, 2.05) is 0 Å². The number of piperazine rings is 1. The Labute approximate surface area is 115 Å². The zero-order valence-electron chi connectivity index (χ0n) is 13.6. The van der Waals surface area contributed by atoms with Gasteiger partial charge in [0, 0.05) is 24.7 Å². The topological polar surface area (TPSA) is 15.3 Å². The molecule has 0 aromatic carbocycles. The molecule has 1 saturated heterocycles. The van der Waals surface area contributed by atoms with E-state index in [2.05, 4.69) is 58.7 Å². The highest BCUT2D eigenvalue weighted by atomic mass is 15.3. The predicted octanol–water partition coefficient (Wildman–Crippen LogP) is 3.52. The molecule has 0 aliphatic carbocycles. The molecule has 2 heteroatoms. The summed E-state index contributed by atoms with van der Waals surface area (Å²) in [4.78, 5) is 2.74. The number of rotatable bonds is 4. The summed E-state index contributed by atoms with van der Waals surface area (Å²) >= 11 is 0. The van der Waals surface area contributed by atoms with Crippen molar-refractivity contribution in [3.05, 3.63) is 0 Å². The van der Waals surface area contributed by atoms with E-state index in [1.54, 1.807) is 0 Å². The Morgan fingerprint density at radius 3 is 2.39 bits per heavy atom. The molecule has 108 valence electrons. The van der Waals surface area contributed by atoms with Crippen LogP contribution in [0.25, 0.3) is 0 Å². The monoisotopic (exact) mass is 254 g/mol. The fraction of sp³-hybridized carbons (Fsp3) is 1.00. The summed E-state index contributed by atoms with van der Waals surface area (Å²) < 4.78 is 0. The van der Waals surface area contributed by atoms with Gasteiger partial charge < -0.3 is 5.32 Å². The van der Waals surface area contributed by atoms with Crippen molar-refractivity contribution in [2.24, 2.45) is 11.3 Å². The van der Waals surface area contributed by atoms with Crippen molar-refractivity contribution < 1.29 is 0 Å². The zero-order chi connectivity index (χ0) is 14.0. The van der Waals surface area contributed by atoms with E-state index < -0.39 is 0 Å². The summed E-state index contributed by atoms with van der Waals surface area (Å²) in [7, 11) is 0. The fourth-order valence-corrected chi connectivity index (χ4v) is 2.84. The third kappa shape index (κ3) is 4.24. The summed E-state index contributed by atoms with van der Waals surface area (Å²) in [6.45, 7) is 20.0. The second-order valence-electron chi connectivity index (χ2n) is 7.83. The van der Waals surface area contributed by atoms with Crippen molar-refractivity contribution in [1.82, 2.24) is 10.2 Å². The Hall–Kier alpha value is -0.0800. The number of hydrogen-bond donors (Lipinski definition) is 1. The van der Waals surface area contributed by atoms with Crippen molar-refractivity contribution in [2.45, 2.75) is 72.9 Å². The summed E-state index contributed by atoms with van der Waals surface area (Å²) in [6.07, 6.45) is 2.52. The zero-order valence-corrected chi connectivity index (χ0v) is 13.6. The third-order valence-electron chi connectivity index (χ3n) is 4.49. The molecule has 1 rings (SSSR count). The largest absolute Gasteiger partial charge is 0.309 e. The van der Waals surface area contributed by atoms with Crippen molar-refractivity contribution in [2.75, 3.05) is 19.6 Å². The van der Waals surface area contributed by atoms with Crippen LogP contribution in [-0.4, -0.2) is 36.1 Å². The van der Waals surface area contributed by atoms with Gasteiger partial charge in [-0.25, -0.2) is 0 Å². The van der Waals surface area contributed by atoms with Crippen molar-refractivity contribution in [3.8, 4) is 0 Å². The molecule has 0 spiro atoms. The van der Waals surface area contributed by atoms with Crippen LogP contribution in [0.4, 0.5) is 0 Å². The Kier molecular flexibility index (Phi) is 5.25. The summed E-state index contributed by atoms with van der Waals surface area (Å²) in [5, 5.41) is 3.78. The van der Waals surface area contributed by atoms with Crippen molar-refractivity contribution in [3.63, 3.8) is 0 Å². The molecule has 1 heterocycles. The molecule has 0 saturated carbocycles. The second-order valence-corrected chi connectivity index (χ2v) is 7.83. The maximum Gasteiger partial charge on any atom is 0.0278 e. The maximum absolute atomic E-state index is 3.78. The van der Waals surface area contributed by atoms with Crippen LogP contribution in [0.3, 0.4) is 0 Å². The minimum Gasteiger partial charge on any atom is -0.309 e.